The zero-order valence-electron chi connectivity index (χ0n) is 14.1. The molecule has 3 aromatic rings. The van der Waals surface area contributed by atoms with Crippen LogP contribution in [0.15, 0.2) is 84.9 Å². The Labute approximate surface area is 145 Å². The van der Waals surface area contributed by atoms with Crippen LogP contribution in [0.1, 0.15) is 53.4 Å². The minimum Gasteiger partial charge on any atom is -0.0622 e. The normalized spacial score (nSPS) is 19.7. The SMILES string of the molecule is c1ccc(CC[C@H]2CC[C@@H](c3ccccc3)c3ccccc32)cc1. The minimum absolute atomic E-state index is 0.565. The van der Waals surface area contributed by atoms with Crippen LogP contribution in [0.2, 0.25) is 0 Å². The topological polar surface area (TPSA) is 0 Å². The first-order chi connectivity index (χ1) is 11.9. The van der Waals surface area contributed by atoms with E-state index < -0.39 is 0 Å². The van der Waals surface area contributed by atoms with Gasteiger partial charge in [-0.15, -0.1) is 0 Å². The predicted molar refractivity (Wildman–Crippen MR) is 101 cm³/mol. The average Bonchev–Trinajstić information content (AvgIpc) is 2.67. The molecule has 0 aromatic heterocycles. The number of hydrogen-bond donors (Lipinski definition) is 0. The van der Waals surface area contributed by atoms with Gasteiger partial charge >= 0.3 is 0 Å². The summed E-state index contributed by atoms with van der Waals surface area (Å²) in [6.45, 7) is 0. The second-order valence-corrected chi connectivity index (χ2v) is 6.89. The molecule has 4 rings (SSSR count). The maximum Gasteiger partial charge on any atom is 0.00923 e. The molecule has 0 radical (unpaired) electrons. The highest BCUT2D eigenvalue weighted by Gasteiger charge is 2.27. The highest BCUT2D eigenvalue weighted by Crippen LogP contribution is 2.43. The number of rotatable bonds is 4. The maximum absolute atomic E-state index is 2.36. The van der Waals surface area contributed by atoms with Crippen molar-refractivity contribution in [3.63, 3.8) is 0 Å². The van der Waals surface area contributed by atoms with E-state index in [1.54, 1.807) is 11.1 Å². The van der Waals surface area contributed by atoms with Crippen molar-refractivity contribution < 1.29 is 0 Å². The van der Waals surface area contributed by atoms with Gasteiger partial charge in [0.25, 0.3) is 0 Å². The van der Waals surface area contributed by atoms with E-state index >= 15 is 0 Å². The average molecular weight is 312 g/mol. The van der Waals surface area contributed by atoms with Crippen LogP contribution in [-0.2, 0) is 6.42 Å². The van der Waals surface area contributed by atoms with Crippen LogP contribution in [0, 0.1) is 0 Å². The lowest BCUT2D eigenvalue weighted by molar-refractivity contribution is 0.492. The first-order valence-electron chi connectivity index (χ1n) is 9.09. The molecule has 0 heteroatoms. The van der Waals surface area contributed by atoms with E-state index in [-0.39, 0.29) is 0 Å². The van der Waals surface area contributed by atoms with Gasteiger partial charge in [0.1, 0.15) is 0 Å². The third-order valence-electron chi connectivity index (χ3n) is 5.44. The lowest BCUT2D eigenvalue weighted by atomic mass is 9.72. The molecule has 120 valence electrons. The van der Waals surface area contributed by atoms with Crippen molar-refractivity contribution in [3.8, 4) is 0 Å². The lowest BCUT2D eigenvalue weighted by Gasteiger charge is -2.32. The van der Waals surface area contributed by atoms with E-state index in [9.17, 15) is 0 Å². The first kappa shape index (κ1) is 15.2. The molecule has 1 aliphatic rings. The summed E-state index contributed by atoms with van der Waals surface area (Å²) in [6.07, 6.45) is 4.99. The minimum atomic E-state index is 0.565. The fraction of sp³-hybridized carbons (Fsp3) is 0.250. The van der Waals surface area contributed by atoms with Gasteiger partial charge in [0.2, 0.25) is 0 Å². The zero-order valence-corrected chi connectivity index (χ0v) is 14.1. The smallest absolute Gasteiger partial charge is 0.00923 e. The third kappa shape index (κ3) is 3.14. The Morgan fingerprint density at radius 3 is 2.00 bits per heavy atom. The highest BCUT2D eigenvalue weighted by atomic mass is 14.3. The third-order valence-corrected chi connectivity index (χ3v) is 5.44. The van der Waals surface area contributed by atoms with Gasteiger partial charge in [0.15, 0.2) is 0 Å². The largest absolute Gasteiger partial charge is 0.0622 e. The van der Waals surface area contributed by atoms with Gasteiger partial charge in [-0.05, 0) is 53.9 Å². The van der Waals surface area contributed by atoms with Crippen LogP contribution in [0.3, 0.4) is 0 Å². The molecular formula is C24H24. The Hall–Kier alpha value is -2.34. The van der Waals surface area contributed by atoms with Crippen LogP contribution in [0.25, 0.3) is 0 Å². The van der Waals surface area contributed by atoms with Gasteiger partial charge < -0.3 is 0 Å². The molecule has 0 nitrogen and oxygen atoms in total. The van der Waals surface area contributed by atoms with Crippen molar-refractivity contribution in [2.45, 2.75) is 37.5 Å². The van der Waals surface area contributed by atoms with E-state index in [1.807, 2.05) is 0 Å². The Bertz CT molecular complexity index is 773. The molecule has 0 saturated heterocycles. The van der Waals surface area contributed by atoms with E-state index in [0.717, 1.165) is 0 Å². The second-order valence-electron chi connectivity index (χ2n) is 6.89. The number of benzene rings is 3. The maximum atomic E-state index is 2.36. The predicted octanol–water partition coefficient (Wildman–Crippen LogP) is 6.33. The highest BCUT2D eigenvalue weighted by molar-refractivity contribution is 5.42. The Kier molecular flexibility index (Phi) is 4.46. The molecule has 0 unspecified atom stereocenters. The molecule has 0 fully saturated rings. The molecule has 0 heterocycles. The van der Waals surface area contributed by atoms with Gasteiger partial charge in [0, 0.05) is 5.92 Å². The van der Waals surface area contributed by atoms with E-state index in [1.165, 1.54) is 36.8 Å². The van der Waals surface area contributed by atoms with Crippen LogP contribution in [-0.4, -0.2) is 0 Å². The van der Waals surface area contributed by atoms with Gasteiger partial charge in [-0.2, -0.15) is 0 Å². The number of aryl methyl sites for hydroxylation is 1. The Balaban J connectivity index is 1.57. The molecule has 0 saturated carbocycles. The monoisotopic (exact) mass is 312 g/mol. The molecule has 0 spiro atoms. The summed E-state index contributed by atoms with van der Waals surface area (Å²) in [5.41, 5.74) is 6.05. The molecule has 2 atom stereocenters. The van der Waals surface area contributed by atoms with E-state index in [4.69, 9.17) is 0 Å². The van der Waals surface area contributed by atoms with Gasteiger partial charge in [-0.1, -0.05) is 84.9 Å². The van der Waals surface area contributed by atoms with Gasteiger partial charge in [-0.25, -0.2) is 0 Å². The van der Waals surface area contributed by atoms with Crippen LogP contribution in [0.5, 0.6) is 0 Å². The first-order valence-corrected chi connectivity index (χ1v) is 9.09. The Morgan fingerprint density at radius 1 is 0.625 bits per heavy atom. The van der Waals surface area contributed by atoms with Gasteiger partial charge in [-0.3, -0.25) is 0 Å². The summed E-state index contributed by atoms with van der Waals surface area (Å²) in [7, 11) is 0. The van der Waals surface area contributed by atoms with E-state index in [2.05, 4.69) is 84.9 Å². The summed E-state index contributed by atoms with van der Waals surface area (Å²) in [5, 5.41) is 0. The lowest BCUT2D eigenvalue weighted by Crippen LogP contribution is -2.16. The number of hydrogen-bond acceptors (Lipinski definition) is 0. The molecule has 3 aromatic carbocycles. The fourth-order valence-corrected chi connectivity index (χ4v) is 4.20. The van der Waals surface area contributed by atoms with Crippen molar-refractivity contribution in [1.82, 2.24) is 0 Å². The number of fused-ring (bicyclic) bond motifs is 1. The molecule has 0 bridgehead atoms. The molecular weight excluding hydrogens is 288 g/mol. The van der Waals surface area contributed by atoms with Crippen molar-refractivity contribution in [2.75, 3.05) is 0 Å². The summed E-state index contributed by atoms with van der Waals surface area (Å²) < 4.78 is 0. The Morgan fingerprint density at radius 2 is 1.25 bits per heavy atom. The fourth-order valence-electron chi connectivity index (χ4n) is 4.20. The van der Waals surface area contributed by atoms with Crippen LogP contribution >= 0.6 is 0 Å². The zero-order chi connectivity index (χ0) is 16.2. The van der Waals surface area contributed by atoms with Crippen LogP contribution < -0.4 is 0 Å². The molecule has 0 aliphatic heterocycles. The van der Waals surface area contributed by atoms with Crippen LogP contribution in [0.4, 0.5) is 0 Å². The van der Waals surface area contributed by atoms with Crippen molar-refractivity contribution in [1.29, 1.82) is 0 Å². The summed E-state index contributed by atoms with van der Waals surface area (Å²) in [6, 6.07) is 31.0. The van der Waals surface area contributed by atoms with Gasteiger partial charge in [0.05, 0.1) is 0 Å². The van der Waals surface area contributed by atoms with E-state index in [0.29, 0.717) is 11.8 Å². The summed E-state index contributed by atoms with van der Waals surface area (Å²) in [4.78, 5) is 0. The molecule has 24 heavy (non-hydrogen) atoms. The van der Waals surface area contributed by atoms with Crippen molar-refractivity contribution >= 4 is 0 Å². The van der Waals surface area contributed by atoms with Crippen molar-refractivity contribution in [3.05, 3.63) is 107 Å². The standard InChI is InChI=1S/C24H24/c1-3-9-19(10-4-1)15-16-21-17-18-23(20-11-5-2-6-12-20)24-14-8-7-13-22(21)24/h1-14,21,23H,15-18H2/t21-,23-/m0/s1. The second kappa shape index (κ2) is 7.05. The molecule has 0 amide bonds. The van der Waals surface area contributed by atoms with Crippen molar-refractivity contribution in [2.24, 2.45) is 0 Å². The quantitative estimate of drug-likeness (QED) is 0.528. The summed E-state index contributed by atoms with van der Waals surface area (Å²) in [5.74, 6) is 1.26. The summed E-state index contributed by atoms with van der Waals surface area (Å²) >= 11 is 0. The molecule has 1 aliphatic carbocycles. The molecule has 0 N–H and O–H groups in total.